The van der Waals surface area contributed by atoms with Gasteiger partial charge in [-0.2, -0.15) is 0 Å². The SMILES string of the molecule is NC(F)(F)OC1=CCCC=C1. The Labute approximate surface area is 63.3 Å². The van der Waals surface area contributed by atoms with Gasteiger partial charge in [0.15, 0.2) is 0 Å². The molecule has 2 nitrogen and oxygen atoms in total. The van der Waals surface area contributed by atoms with Gasteiger partial charge in [0.25, 0.3) is 0 Å². The zero-order chi connectivity index (χ0) is 8.32. The normalized spacial score (nSPS) is 17.9. The Morgan fingerprint density at radius 1 is 1.45 bits per heavy atom. The van der Waals surface area contributed by atoms with Crippen molar-refractivity contribution in [3.8, 4) is 0 Å². The molecule has 11 heavy (non-hydrogen) atoms. The van der Waals surface area contributed by atoms with Crippen LogP contribution in [-0.2, 0) is 4.74 Å². The third-order valence-electron chi connectivity index (χ3n) is 1.21. The lowest BCUT2D eigenvalue weighted by atomic mass is 10.2. The number of halogens is 2. The quantitative estimate of drug-likeness (QED) is 0.494. The van der Waals surface area contributed by atoms with Crippen molar-refractivity contribution in [2.75, 3.05) is 0 Å². The standard InChI is InChI=1S/C7H9F2NO/c8-7(9,10)11-6-4-2-1-3-5-6/h2,4-5H,1,3,10H2. The fraction of sp³-hybridized carbons (Fsp3) is 0.429. The first-order valence-electron chi connectivity index (χ1n) is 3.30. The Kier molecular flexibility index (Phi) is 2.24. The summed E-state index contributed by atoms with van der Waals surface area (Å²) in [6, 6.07) is 0. The van der Waals surface area contributed by atoms with Crippen molar-refractivity contribution in [3.05, 3.63) is 24.0 Å². The summed E-state index contributed by atoms with van der Waals surface area (Å²) in [5.74, 6) is 0.142. The van der Waals surface area contributed by atoms with Gasteiger partial charge in [-0.05, 0) is 25.0 Å². The summed E-state index contributed by atoms with van der Waals surface area (Å²) in [6.07, 6.45) is 2.87. The molecule has 62 valence electrons. The van der Waals surface area contributed by atoms with Crippen LogP contribution in [0.2, 0.25) is 0 Å². The highest BCUT2D eigenvalue weighted by molar-refractivity contribution is 5.16. The van der Waals surface area contributed by atoms with Crippen molar-refractivity contribution in [2.24, 2.45) is 5.73 Å². The molecule has 1 aliphatic carbocycles. The molecular weight excluding hydrogens is 152 g/mol. The molecule has 0 amide bonds. The van der Waals surface area contributed by atoms with E-state index in [1.165, 1.54) is 6.08 Å². The van der Waals surface area contributed by atoms with Gasteiger partial charge in [-0.15, -0.1) is 8.78 Å². The molecule has 0 aromatic carbocycles. The van der Waals surface area contributed by atoms with Crippen molar-refractivity contribution in [2.45, 2.75) is 19.1 Å². The molecule has 0 aromatic rings. The number of nitrogens with two attached hydrogens (primary N) is 1. The molecule has 1 aliphatic rings. The van der Waals surface area contributed by atoms with Gasteiger partial charge in [0.2, 0.25) is 0 Å². The first-order valence-corrected chi connectivity index (χ1v) is 3.30. The molecule has 0 heterocycles. The fourth-order valence-corrected chi connectivity index (χ4v) is 0.822. The van der Waals surface area contributed by atoms with E-state index in [9.17, 15) is 8.78 Å². The summed E-state index contributed by atoms with van der Waals surface area (Å²) >= 11 is 0. The Bertz CT molecular complexity index is 193. The number of alkyl halides is 2. The monoisotopic (exact) mass is 161 g/mol. The van der Waals surface area contributed by atoms with Crippen LogP contribution >= 0.6 is 0 Å². The fourth-order valence-electron chi connectivity index (χ4n) is 0.822. The maximum atomic E-state index is 12.0. The summed E-state index contributed by atoms with van der Waals surface area (Å²) in [5.41, 5.74) is 4.34. The maximum absolute atomic E-state index is 12.0. The third kappa shape index (κ3) is 3.13. The lowest BCUT2D eigenvalue weighted by Gasteiger charge is -2.14. The predicted molar refractivity (Wildman–Crippen MR) is 36.7 cm³/mol. The topological polar surface area (TPSA) is 35.2 Å². The van der Waals surface area contributed by atoms with Crippen LogP contribution in [0.15, 0.2) is 24.0 Å². The van der Waals surface area contributed by atoms with E-state index in [0.29, 0.717) is 0 Å². The van der Waals surface area contributed by atoms with Crippen LogP contribution in [0.5, 0.6) is 0 Å². The van der Waals surface area contributed by atoms with E-state index in [1.807, 2.05) is 0 Å². The molecule has 1 rings (SSSR count). The summed E-state index contributed by atoms with van der Waals surface area (Å²) < 4.78 is 28.1. The van der Waals surface area contributed by atoms with Gasteiger partial charge in [0.1, 0.15) is 5.76 Å². The Morgan fingerprint density at radius 2 is 2.18 bits per heavy atom. The molecule has 0 radical (unpaired) electrons. The Hall–Kier alpha value is -0.900. The maximum Gasteiger partial charge on any atom is 0.466 e. The average Bonchev–Trinajstić information content (AvgIpc) is 1.85. The van der Waals surface area contributed by atoms with Gasteiger partial charge in [0, 0.05) is 0 Å². The van der Waals surface area contributed by atoms with Gasteiger partial charge >= 0.3 is 6.23 Å². The zero-order valence-corrected chi connectivity index (χ0v) is 5.89. The summed E-state index contributed by atoms with van der Waals surface area (Å²) in [6.45, 7) is 0. The first-order chi connectivity index (χ1) is 5.08. The molecule has 0 saturated carbocycles. The zero-order valence-electron chi connectivity index (χ0n) is 5.89. The van der Waals surface area contributed by atoms with Crippen LogP contribution in [0.1, 0.15) is 12.8 Å². The van der Waals surface area contributed by atoms with Crippen molar-refractivity contribution in [1.82, 2.24) is 0 Å². The molecule has 0 unspecified atom stereocenters. The smallest absolute Gasteiger partial charge is 0.420 e. The summed E-state index contributed by atoms with van der Waals surface area (Å²) in [7, 11) is 0. The second-order valence-corrected chi connectivity index (χ2v) is 2.25. The van der Waals surface area contributed by atoms with E-state index in [-0.39, 0.29) is 5.76 Å². The van der Waals surface area contributed by atoms with Crippen LogP contribution in [-0.4, -0.2) is 6.23 Å². The van der Waals surface area contributed by atoms with E-state index in [4.69, 9.17) is 0 Å². The molecular formula is C7H9F2NO. The molecule has 0 aliphatic heterocycles. The molecule has 0 atom stereocenters. The lowest BCUT2D eigenvalue weighted by Crippen LogP contribution is -2.31. The second-order valence-electron chi connectivity index (χ2n) is 2.25. The molecule has 0 fully saturated rings. The minimum Gasteiger partial charge on any atom is -0.420 e. The van der Waals surface area contributed by atoms with E-state index < -0.39 is 6.23 Å². The van der Waals surface area contributed by atoms with Crippen molar-refractivity contribution >= 4 is 0 Å². The van der Waals surface area contributed by atoms with Crippen LogP contribution < -0.4 is 5.73 Å². The molecule has 0 spiro atoms. The minimum absolute atomic E-state index is 0.142. The number of ether oxygens (including phenoxy) is 1. The van der Waals surface area contributed by atoms with Crippen molar-refractivity contribution in [1.29, 1.82) is 0 Å². The van der Waals surface area contributed by atoms with E-state index in [1.54, 1.807) is 12.2 Å². The molecule has 0 bridgehead atoms. The largest absolute Gasteiger partial charge is 0.466 e. The van der Waals surface area contributed by atoms with Crippen molar-refractivity contribution < 1.29 is 13.5 Å². The van der Waals surface area contributed by atoms with Crippen LogP contribution in [0, 0.1) is 0 Å². The highest BCUT2D eigenvalue weighted by Crippen LogP contribution is 2.17. The van der Waals surface area contributed by atoms with E-state index >= 15 is 0 Å². The van der Waals surface area contributed by atoms with Gasteiger partial charge in [-0.1, -0.05) is 6.08 Å². The summed E-state index contributed by atoms with van der Waals surface area (Å²) in [4.78, 5) is 0. The number of rotatable bonds is 2. The van der Waals surface area contributed by atoms with Crippen LogP contribution in [0.25, 0.3) is 0 Å². The second kappa shape index (κ2) is 3.00. The lowest BCUT2D eigenvalue weighted by molar-refractivity contribution is -0.205. The van der Waals surface area contributed by atoms with Crippen LogP contribution in [0.4, 0.5) is 8.78 Å². The number of hydrogen-bond acceptors (Lipinski definition) is 2. The Balaban J connectivity index is 2.49. The average molecular weight is 161 g/mol. The predicted octanol–water partition coefficient (Wildman–Crippen LogP) is 1.75. The first kappa shape index (κ1) is 8.20. The Morgan fingerprint density at radius 3 is 2.64 bits per heavy atom. The number of allylic oxidation sites excluding steroid dienone is 3. The summed E-state index contributed by atoms with van der Waals surface area (Å²) in [5, 5.41) is 0. The molecule has 0 aromatic heterocycles. The van der Waals surface area contributed by atoms with E-state index in [2.05, 4.69) is 10.5 Å². The van der Waals surface area contributed by atoms with Crippen molar-refractivity contribution in [3.63, 3.8) is 0 Å². The van der Waals surface area contributed by atoms with Gasteiger partial charge in [0.05, 0.1) is 0 Å². The molecule has 2 N–H and O–H groups in total. The highest BCUT2D eigenvalue weighted by atomic mass is 19.3. The van der Waals surface area contributed by atoms with Crippen LogP contribution in [0.3, 0.4) is 0 Å². The number of hydrogen-bond donors (Lipinski definition) is 1. The van der Waals surface area contributed by atoms with Gasteiger partial charge in [-0.25, -0.2) is 5.73 Å². The van der Waals surface area contributed by atoms with E-state index in [0.717, 1.165) is 12.8 Å². The van der Waals surface area contributed by atoms with Gasteiger partial charge < -0.3 is 4.74 Å². The molecule has 0 saturated heterocycles. The highest BCUT2D eigenvalue weighted by Gasteiger charge is 2.24. The third-order valence-corrected chi connectivity index (χ3v) is 1.21. The molecule has 4 heteroatoms. The minimum atomic E-state index is -3.56. The van der Waals surface area contributed by atoms with Gasteiger partial charge in [-0.3, -0.25) is 0 Å².